The SMILES string of the molecule is C=Cc1cc(CC)ccc1O. The van der Waals surface area contributed by atoms with Gasteiger partial charge in [-0.3, -0.25) is 0 Å². The van der Waals surface area contributed by atoms with Crippen LogP contribution in [0.2, 0.25) is 0 Å². The molecule has 1 aromatic rings. The molecular weight excluding hydrogens is 136 g/mol. The molecule has 0 saturated heterocycles. The first-order valence-corrected chi connectivity index (χ1v) is 3.72. The van der Waals surface area contributed by atoms with Crippen LogP contribution in [-0.2, 0) is 6.42 Å². The van der Waals surface area contributed by atoms with Gasteiger partial charge in [0.2, 0.25) is 0 Å². The number of rotatable bonds is 2. The Balaban J connectivity index is 3.12. The summed E-state index contributed by atoms with van der Waals surface area (Å²) in [5, 5.41) is 9.26. The van der Waals surface area contributed by atoms with Gasteiger partial charge in [-0.25, -0.2) is 0 Å². The molecule has 0 fully saturated rings. The zero-order chi connectivity index (χ0) is 8.27. The largest absolute Gasteiger partial charge is 0.507 e. The van der Waals surface area contributed by atoms with Crippen LogP contribution in [-0.4, -0.2) is 5.11 Å². The summed E-state index contributed by atoms with van der Waals surface area (Å²) < 4.78 is 0. The van der Waals surface area contributed by atoms with Gasteiger partial charge < -0.3 is 5.11 Å². The molecule has 1 rings (SSSR count). The van der Waals surface area contributed by atoms with Crippen molar-refractivity contribution >= 4 is 6.08 Å². The molecule has 58 valence electrons. The normalized spacial score (nSPS) is 9.55. The third-order valence-corrected chi connectivity index (χ3v) is 1.72. The van der Waals surface area contributed by atoms with Gasteiger partial charge in [-0.05, 0) is 24.1 Å². The van der Waals surface area contributed by atoms with Gasteiger partial charge in [0.1, 0.15) is 5.75 Å². The summed E-state index contributed by atoms with van der Waals surface area (Å²) in [5.74, 6) is 0.303. The number of phenols is 1. The van der Waals surface area contributed by atoms with Crippen LogP contribution in [0.1, 0.15) is 18.1 Å². The minimum Gasteiger partial charge on any atom is -0.507 e. The van der Waals surface area contributed by atoms with Crippen molar-refractivity contribution in [3.63, 3.8) is 0 Å². The van der Waals surface area contributed by atoms with Crippen molar-refractivity contribution in [3.05, 3.63) is 35.9 Å². The average molecular weight is 148 g/mol. The van der Waals surface area contributed by atoms with E-state index in [1.165, 1.54) is 5.56 Å². The summed E-state index contributed by atoms with van der Waals surface area (Å²) in [6.45, 7) is 5.69. The van der Waals surface area contributed by atoms with Gasteiger partial charge in [0.25, 0.3) is 0 Å². The fourth-order valence-corrected chi connectivity index (χ4v) is 0.987. The number of hydrogen-bond donors (Lipinski definition) is 1. The number of phenolic OH excluding ortho intramolecular Hbond substituents is 1. The predicted octanol–water partition coefficient (Wildman–Crippen LogP) is 2.60. The second-order valence-electron chi connectivity index (χ2n) is 2.45. The van der Waals surface area contributed by atoms with E-state index in [9.17, 15) is 5.11 Å². The molecule has 0 atom stereocenters. The molecule has 0 aliphatic carbocycles. The monoisotopic (exact) mass is 148 g/mol. The molecule has 1 heteroatoms. The highest BCUT2D eigenvalue weighted by Crippen LogP contribution is 2.19. The van der Waals surface area contributed by atoms with Crippen LogP contribution in [0.15, 0.2) is 24.8 Å². The second-order valence-corrected chi connectivity index (χ2v) is 2.45. The van der Waals surface area contributed by atoms with Crippen LogP contribution in [0.3, 0.4) is 0 Å². The van der Waals surface area contributed by atoms with E-state index in [1.54, 1.807) is 12.1 Å². The maximum atomic E-state index is 9.26. The van der Waals surface area contributed by atoms with Gasteiger partial charge in [-0.1, -0.05) is 25.6 Å². The quantitative estimate of drug-likeness (QED) is 0.683. The van der Waals surface area contributed by atoms with Gasteiger partial charge in [-0.15, -0.1) is 0 Å². The summed E-state index contributed by atoms with van der Waals surface area (Å²) in [4.78, 5) is 0. The zero-order valence-corrected chi connectivity index (χ0v) is 6.67. The van der Waals surface area contributed by atoms with Gasteiger partial charge in [-0.2, -0.15) is 0 Å². The summed E-state index contributed by atoms with van der Waals surface area (Å²) in [6, 6.07) is 5.57. The summed E-state index contributed by atoms with van der Waals surface area (Å²) >= 11 is 0. The Hall–Kier alpha value is -1.24. The summed E-state index contributed by atoms with van der Waals surface area (Å²) in [5.41, 5.74) is 2.03. The van der Waals surface area contributed by atoms with Crippen molar-refractivity contribution in [2.45, 2.75) is 13.3 Å². The maximum absolute atomic E-state index is 9.26. The first-order valence-electron chi connectivity index (χ1n) is 3.72. The number of hydrogen-bond acceptors (Lipinski definition) is 1. The first-order chi connectivity index (χ1) is 5.27. The van der Waals surface area contributed by atoms with Crippen LogP contribution in [0.5, 0.6) is 5.75 Å². The lowest BCUT2D eigenvalue weighted by molar-refractivity contribution is 0.474. The van der Waals surface area contributed by atoms with Crippen molar-refractivity contribution in [1.82, 2.24) is 0 Å². The molecule has 0 aliphatic rings. The molecule has 0 amide bonds. The van der Waals surface area contributed by atoms with Crippen LogP contribution in [0.4, 0.5) is 0 Å². The van der Waals surface area contributed by atoms with E-state index >= 15 is 0 Å². The smallest absolute Gasteiger partial charge is 0.122 e. The zero-order valence-electron chi connectivity index (χ0n) is 6.67. The van der Waals surface area contributed by atoms with Gasteiger partial charge >= 0.3 is 0 Å². The van der Waals surface area contributed by atoms with Gasteiger partial charge in [0, 0.05) is 5.56 Å². The molecule has 0 bridgehead atoms. The van der Waals surface area contributed by atoms with Crippen LogP contribution < -0.4 is 0 Å². The standard InChI is InChI=1S/C10H12O/c1-3-8-5-6-10(11)9(4-2)7-8/h4-7,11H,2-3H2,1H3. The molecule has 0 heterocycles. The lowest BCUT2D eigenvalue weighted by atomic mass is 10.1. The molecule has 1 nitrogen and oxygen atoms in total. The number of benzene rings is 1. The highest BCUT2D eigenvalue weighted by molar-refractivity contribution is 5.56. The van der Waals surface area contributed by atoms with Crippen molar-refractivity contribution in [2.75, 3.05) is 0 Å². The summed E-state index contributed by atoms with van der Waals surface area (Å²) in [7, 11) is 0. The Bertz CT molecular complexity index is 264. The molecule has 11 heavy (non-hydrogen) atoms. The Morgan fingerprint density at radius 1 is 1.55 bits per heavy atom. The van der Waals surface area contributed by atoms with Crippen molar-refractivity contribution in [1.29, 1.82) is 0 Å². The number of aromatic hydroxyl groups is 1. The van der Waals surface area contributed by atoms with E-state index in [0.717, 1.165) is 12.0 Å². The fourth-order valence-electron chi connectivity index (χ4n) is 0.987. The third-order valence-electron chi connectivity index (χ3n) is 1.72. The number of aryl methyl sites for hydroxylation is 1. The molecule has 0 aromatic heterocycles. The van der Waals surface area contributed by atoms with E-state index in [4.69, 9.17) is 0 Å². The van der Waals surface area contributed by atoms with E-state index in [1.807, 2.05) is 12.1 Å². The van der Waals surface area contributed by atoms with Gasteiger partial charge in [0.15, 0.2) is 0 Å². The molecule has 0 spiro atoms. The predicted molar refractivity (Wildman–Crippen MR) is 47.6 cm³/mol. The minimum atomic E-state index is 0.303. The molecular formula is C10H12O. The molecule has 0 aliphatic heterocycles. The van der Waals surface area contributed by atoms with E-state index in [-0.39, 0.29) is 0 Å². The lowest BCUT2D eigenvalue weighted by Crippen LogP contribution is -1.81. The van der Waals surface area contributed by atoms with Gasteiger partial charge in [0.05, 0.1) is 0 Å². The molecule has 1 N–H and O–H groups in total. The minimum absolute atomic E-state index is 0.303. The average Bonchev–Trinajstić information content (AvgIpc) is 2.05. The van der Waals surface area contributed by atoms with Crippen LogP contribution >= 0.6 is 0 Å². The van der Waals surface area contributed by atoms with E-state index in [0.29, 0.717) is 5.75 Å². The fraction of sp³-hybridized carbons (Fsp3) is 0.200. The van der Waals surface area contributed by atoms with Crippen molar-refractivity contribution in [3.8, 4) is 5.75 Å². The Labute approximate surface area is 67.0 Å². The molecule has 0 radical (unpaired) electrons. The van der Waals surface area contributed by atoms with Crippen LogP contribution in [0, 0.1) is 0 Å². The van der Waals surface area contributed by atoms with Crippen molar-refractivity contribution in [2.24, 2.45) is 0 Å². The highest BCUT2D eigenvalue weighted by atomic mass is 16.3. The topological polar surface area (TPSA) is 20.2 Å². The molecule has 0 unspecified atom stereocenters. The first kappa shape index (κ1) is 7.86. The third kappa shape index (κ3) is 1.61. The lowest BCUT2D eigenvalue weighted by Gasteiger charge is -2.00. The maximum Gasteiger partial charge on any atom is 0.122 e. The Kier molecular flexibility index (Phi) is 2.32. The van der Waals surface area contributed by atoms with Crippen molar-refractivity contribution < 1.29 is 5.11 Å². The summed E-state index contributed by atoms with van der Waals surface area (Å²) in [6.07, 6.45) is 2.65. The van der Waals surface area contributed by atoms with E-state index < -0.39 is 0 Å². The highest BCUT2D eigenvalue weighted by Gasteiger charge is 1.96. The molecule has 1 aromatic carbocycles. The second kappa shape index (κ2) is 3.24. The Morgan fingerprint density at radius 3 is 2.82 bits per heavy atom. The Morgan fingerprint density at radius 2 is 2.27 bits per heavy atom. The van der Waals surface area contributed by atoms with E-state index in [2.05, 4.69) is 13.5 Å². The molecule has 0 saturated carbocycles. The van der Waals surface area contributed by atoms with Crippen LogP contribution in [0.25, 0.3) is 6.08 Å².